The van der Waals surface area contributed by atoms with Crippen LogP contribution in [0, 0.1) is 0 Å². The molecule has 3 saturated carbocycles. The number of hydrogen-bond acceptors (Lipinski definition) is 5. The summed E-state index contributed by atoms with van der Waals surface area (Å²) in [4.78, 5) is 15.9. The summed E-state index contributed by atoms with van der Waals surface area (Å²) in [5, 5.41) is 2.97. The molecule has 6 nitrogen and oxygen atoms in total. The Labute approximate surface area is 111 Å². The van der Waals surface area contributed by atoms with E-state index in [1.807, 2.05) is 20.8 Å². The van der Waals surface area contributed by atoms with E-state index in [-0.39, 0.29) is 23.1 Å². The lowest BCUT2D eigenvalue weighted by Gasteiger charge is -2.69. The number of oxazole rings is 1. The Kier molecular flexibility index (Phi) is 2.23. The van der Waals surface area contributed by atoms with Gasteiger partial charge in [0.15, 0.2) is 0 Å². The summed E-state index contributed by atoms with van der Waals surface area (Å²) in [6.45, 7) is 5.57. The normalized spacial score (nSPS) is 32.2. The molecule has 0 saturated heterocycles. The SMILES string of the molecule is CC(C)(C)OC(=O)NC12CC(c3coc(N)n3)(C1)C2. The summed E-state index contributed by atoms with van der Waals surface area (Å²) < 4.78 is 10.3. The van der Waals surface area contributed by atoms with E-state index in [9.17, 15) is 4.79 Å². The number of carbonyl (C=O) groups is 1. The molecule has 1 heterocycles. The quantitative estimate of drug-likeness (QED) is 0.853. The van der Waals surface area contributed by atoms with Crippen LogP contribution in [0.2, 0.25) is 0 Å². The van der Waals surface area contributed by atoms with Crippen LogP contribution >= 0.6 is 0 Å². The van der Waals surface area contributed by atoms with Crippen molar-refractivity contribution in [3.05, 3.63) is 12.0 Å². The molecular formula is C13H19N3O3. The summed E-state index contributed by atoms with van der Waals surface area (Å²) in [6, 6.07) is 0.203. The van der Waals surface area contributed by atoms with Crippen molar-refractivity contribution in [1.29, 1.82) is 0 Å². The zero-order chi connectivity index (χ0) is 13.9. The Balaban J connectivity index is 1.57. The van der Waals surface area contributed by atoms with E-state index in [2.05, 4.69) is 10.3 Å². The van der Waals surface area contributed by atoms with Gasteiger partial charge in [-0.2, -0.15) is 4.98 Å². The van der Waals surface area contributed by atoms with Crippen molar-refractivity contribution in [2.75, 3.05) is 5.73 Å². The second-order valence-electron chi connectivity index (χ2n) is 6.79. The lowest BCUT2D eigenvalue weighted by Crippen LogP contribution is -2.77. The standard InChI is InChI=1S/C13H19N3O3/c1-11(2,3)19-10(17)16-13-5-12(6-13,7-13)8-4-18-9(14)15-8/h4H,5-7H2,1-3H3,(H2,14,15)(H,16,17). The van der Waals surface area contributed by atoms with Crippen molar-refractivity contribution in [3.8, 4) is 0 Å². The molecule has 6 heteroatoms. The average Bonchev–Trinajstić information content (AvgIpc) is 2.52. The molecule has 0 aromatic carbocycles. The number of hydrogen-bond donors (Lipinski definition) is 2. The number of aromatic nitrogens is 1. The van der Waals surface area contributed by atoms with E-state index >= 15 is 0 Å². The van der Waals surface area contributed by atoms with Gasteiger partial charge in [-0.15, -0.1) is 0 Å². The van der Waals surface area contributed by atoms with E-state index in [0.29, 0.717) is 0 Å². The van der Waals surface area contributed by atoms with Gasteiger partial charge in [0, 0.05) is 11.0 Å². The minimum Gasteiger partial charge on any atom is -0.444 e. The third-order valence-electron chi connectivity index (χ3n) is 3.86. The molecular weight excluding hydrogens is 246 g/mol. The molecule has 3 fully saturated rings. The van der Waals surface area contributed by atoms with Gasteiger partial charge in [0.1, 0.15) is 11.9 Å². The number of ether oxygens (including phenoxy) is 1. The van der Waals surface area contributed by atoms with E-state index in [1.165, 1.54) is 0 Å². The first-order chi connectivity index (χ1) is 8.72. The molecule has 1 aromatic heterocycles. The van der Waals surface area contributed by atoms with Gasteiger partial charge in [0.05, 0.1) is 5.69 Å². The molecule has 1 aromatic rings. The fourth-order valence-corrected chi connectivity index (χ4v) is 3.24. The van der Waals surface area contributed by atoms with Gasteiger partial charge in [-0.3, -0.25) is 0 Å². The van der Waals surface area contributed by atoms with Crippen LogP contribution in [-0.4, -0.2) is 22.2 Å². The van der Waals surface area contributed by atoms with Gasteiger partial charge in [0.25, 0.3) is 6.01 Å². The van der Waals surface area contributed by atoms with Gasteiger partial charge in [-0.05, 0) is 40.0 Å². The number of nitrogen functional groups attached to an aromatic ring is 1. The summed E-state index contributed by atoms with van der Waals surface area (Å²) in [7, 11) is 0. The Morgan fingerprint density at radius 3 is 2.58 bits per heavy atom. The van der Waals surface area contributed by atoms with Crippen LogP contribution in [-0.2, 0) is 10.2 Å². The average molecular weight is 265 g/mol. The van der Waals surface area contributed by atoms with Gasteiger partial charge in [-0.1, -0.05) is 0 Å². The number of nitrogens with two attached hydrogens (primary N) is 1. The lowest BCUT2D eigenvalue weighted by molar-refractivity contribution is -0.0908. The first-order valence-corrected chi connectivity index (χ1v) is 6.45. The fourth-order valence-electron chi connectivity index (χ4n) is 3.24. The number of anilines is 1. The van der Waals surface area contributed by atoms with Crippen molar-refractivity contribution in [2.24, 2.45) is 0 Å². The number of amides is 1. The van der Waals surface area contributed by atoms with Crippen LogP contribution in [0.1, 0.15) is 45.7 Å². The summed E-state index contributed by atoms with van der Waals surface area (Å²) >= 11 is 0. The minimum absolute atomic E-state index is 0.0517. The smallest absolute Gasteiger partial charge is 0.408 e. The Bertz CT molecular complexity index is 510. The summed E-state index contributed by atoms with van der Waals surface area (Å²) in [5.74, 6) is 0. The molecule has 4 rings (SSSR count). The second-order valence-corrected chi connectivity index (χ2v) is 6.79. The van der Waals surface area contributed by atoms with Crippen LogP contribution in [0.5, 0.6) is 0 Å². The number of carbonyl (C=O) groups excluding carboxylic acids is 1. The number of nitrogens with zero attached hydrogens (tertiary/aromatic N) is 1. The Morgan fingerprint density at radius 2 is 2.11 bits per heavy atom. The maximum Gasteiger partial charge on any atom is 0.408 e. The zero-order valence-corrected chi connectivity index (χ0v) is 11.4. The zero-order valence-electron chi connectivity index (χ0n) is 11.4. The van der Waals surface area contributed by atoms with E-state index < -0.39 is 5.60 Å². The number of alkyl carbamates (subject to hydrolysis) is 1. The molecule has 3 N–H and O–H groups in total. The molecule has 3 aliphatic carbocycles. The van der Waals surface area contributed by atoms with Crippen molar-refractivity contribution in [2.45, 2.75) is 56.6 Å². The Morgan fingerprint density at radius 1 is 1.47 bits per heavy atom. The number of rotatable bonds is 2. The van der Waals surface area contributed by atoms with Crippen LogP contribution in [0.15, 0.2) is 10.7 Å². The topological polar surface area (TPSA) is 90.4 Å². The monoisotopic (exact) mass is 265 g/mol. The third-order valence-corrected chi connectivity index (χ3v) is 3.86. The predicted molar refractivity (Wildman–Crippen MR) is 68.5 cm³/mol. The van der Waals surface area contributed by atoms with Crippen molar-refractivity contribution < 1.29 is 13.9 Å². The fraction of sp³-hybridized carbons (Fsp3) is 0.692. The first kappa shape index (κ1) is 12.3. The molecule has 0 spiro atoms. The Hall–Kier alpha value is -1.72. The van der Waals surface area contributed by atoms with Crippen LogP contribution in [0.3, 0.4) is 0 Å². The van der Waals surface area contributed by atoms with Crippen molar-refractivity contribution in [3.63, 3.8) is 0 Å². The second kappa shape index (κ2) is 3.43. The highest BCUT2D eigenvalue weighted by Crippen LogP contribution is 2.67. The van der Waals surface area contributed by atoms with E-state index in [1.54, 1.807) is 6.26 Å². The maximum absolute atomic E-state index is 11.7. The van der Waals surface area contributed by atoms with Gasteiger partial charge in [-0.25, -0.2) is 4.79 Å². The highest BCUT2D eigenvalue weighted by Gasteiger charge is 2.70. The molecule has 0 aliphatic heterocycles. The molecule has 2 bridgehead atoms. The third kappa shape index (κ3) is 1.95. The van der Waals surface area contributed by atoms with Gasteiger partial charge >= 0.3 is 6.09 Å². The molecule has 19 heavy (non-hydrogen) atoms. The molecule has 0 radical (unpaired) electrons. The van der Waals surface area contributed by atoms with Crippen molar-refractivity contribution in [1.82, 2.24) is 10.3 Å². The van der Waals surface area contributed by atoms with Crippen molar-refractivity contribution >= 4 is 12.1 Å². The first-order valence-electron chi connectivity index (χ1n) is 6.45. The molecule has 0 unspecified atom stereocenters. The molecule has 3 aliphatic rings. The van der Waals surface area contributed by atoms with Crippen LogP contribution in [0.25, 0.3) is 0 Å². The van der Waals surface area contributed by atoms with Gasteiger partial charge < -0.3 is 20.2 Å². The highest BCUT2D eigenvalue weighted by atomic mass is 16.6. The van der Waals surface area contributed by atoms with Crippen LogP contribution in [0.4, 0.5) is 10.8 Å². The maximum atomic E-state index is 11.7. The minimum atomic E-state index is -0.466. The summed E-state index contributed by atoms with van der Waals surface area (Å²) in [6.07, 6.45) is 3.91. The summed E-state index contributed by atoms with van der Waals surface area (Å²) in [5.41, 5.74) is 5.86. The predicted octanol–water partition coefficient (Wildman–Crippen LogP) is 1.96. The van der Waals surface area contributed by atoms with Gasteiger partial charge in [0.2, 0.25) is 0 Å². The highest BCUT2D eigenvalue weighted by molar-refractivity contribution is 5.70. The van der Waals surface area contributed by atoms with E-state index in [4.69, 9.17) is 14.9 Å². The lowest BCUT2D eigenvalue weighted by atomic mass is 9.38. The number of nitrogens with one attached hydrogen (secondary N) is 1. The van der Waals surface area contributed by atoms with Crippen LogP contribution < -0.4 is 11.1 Å². The largest absolute Gasteiger partial charge is 0.444 e. The molecule has 1 amide bonds. The molecule has 104 valence electrons. The molecule has 0 atom stereocenters. The van der Waals surface area contributed by atoms with E-state index in [0.717, 1.165) is 25.0 Å².